The summed E-state index contributed by atoms with van der Waals surface area (Å²) in [7, 11) is 1.81. The number of piperidine rings is 1. The number of benzene rings is 1. The number of anilines is 2. The van der Waals surface area contributed by atoms with Crippen molar-refractivity contribution in [1.29, 1.82) is 0 Å². The van der Waals surface area contributed by atoms with Gasteiger partial charge in [-0.1, -0.05) is 0 Å². The molecule has 3 fully saturated rings. The van der Waals surface area contributed by atoms with Gasteiger partial charge in [0.25, 0.3) is 0 Å². The minimum absolute atomic E-state index is 0.0429. The van der Waals surface area contributed by atoms with Crippen LogP contribution in [-0.2, 0) is 4.79 Å². The van der Waals surface area contributed by atoms with Gasteiger partial charge in [0.05, 0.1) is 12.6 Å². The Hall–Kier alpha value is -2.12. The van der Waals surface area contributed by atoms with Crippen molar-refractivity contribution in [2.75, 3.05) is 49.6 Å². The molecule has 4 rings (SSSR count). The second-order valence-corrected chi connectivity index (χ2v) is 7.91. The molecule has 0 bridgehead atoms. The van der Waals surface area contributed by atoms with Crippen LogP contribution in [0.3, 0.4) is 0 Å². The Morgan fingerprint density at radius 2 is 1.85 bits per heavy atom. The number of carbonyl (C=O) groups excluding carboxylic acids is 2. The zero-order valence-electron chi connectivity index (χ0n) is 16.0. The van der Waals surface area contributed by atoms with Crippen LogP contribution >= 0.6 is 0 Å². The Bertz CT molecular complexity index is 701. The lowest BCUT2D eigenvalue weighted by Crippen LogP contribution is -2.50. The first-order chi connectivity index (χ1) is 13.0. The van der Waals surface area contributed by atoms with Crippen molar-refractivity contribution in [2.45, 2.75) is 37.8 Å². The third-order valence-corrected chi connectivity index (χ3v) is 6.16. The van der Waals surface area contributed by atoms with Crippen LogP contribution in [0.15, 0.2) is 24.3 Å². The summed E-state index contributed by atoms with van der Waals surface area (Å²) in [6.07, 6.45) is 4.31. The van der Waals surface area contributed by atoms with Crippen LogP contribution < -0.4 is 15.5 Å². The molecule has 7 nitrogen and oxygen atoms in total. The van der Waals surface area contributed by atoms with Crippen LogP contribution in [0.5, 0.6) is 0 Å². The van der Waals surface area contributed by atoms with E-state index < -0.39 is 0 Å². The lowest BCUT2D eigenvalue weighted by molar-refractivity contribution is -0.119. The van der Waals surface area contributed by atoms with E-state index in [-0.39, 0.29) is 24.0 Å². The van der Waals surface area contributed by atoms with Gasteiger partial charge in [-0.15, -0.1) is 0 Å². The highest BCUT2D eigenvalue weighted by molar-refractivity contribution is 5.96. The molecule has 2 atom stereocenters. The lowest BCUT2D eigenvalue weighted by atomic mass is 9.99. The minimum atomic E-state index is 0.0429. The molecule has 0 radical (unpaired) electrons. The van der Waals surface area contributed by atoms with Crippen molar-refractivity contribution < 1.29 is 9.59 Å². The van der Waals surface area contributed by atoms with Crippen LogP contribution in [0, 0.1) is 0 Å². The fourth-order valence-electron chi connectivity index (χ4n) is 4.43. The van der Waals surface area contributed by atoms with Crippen LogP contribution in [0.1, 0.15) is 25.7 Å². The smallest absolute Gasteiger partial charge is 0.324 e. The number of rotatable bonds is 4. The normalized spacial score (nSPS) is 25.8. The Balaban J connectivity index is 1.42. The molecule has 3 saturated heterocycles. The molecule has 1 aromatic carbocycles. The van der Waals surface area contributed by atoms with Gasteiger partial charge in [-0.3, -0.25) is 14.6 Å². The summed E-state index contributed by atoms with van der Waals surface area (Å²) in [6.45, 7) is 3.92. The van der Waals surface area contributed by atoms with Crippen molar-refractivity contribution in [1.82, 2.24) is 9.80 Å². The SMILES string of the molecule is CN(C(=O)CN1CCCC1)c1ccc(N2C[C@@H]3[C@H](N)CCCN3C2=O)cc1. The highest BCUT2D eigenvalue weighted by Crippen LogP contribution is 2.30. The van der Waals surface area contributed by atoms with Crippen LogP contribution in [-0.4, -0.2) is 73.6 Å². The number of urea groups is 1. The molecular weight excluding hydrogens is 342 g/mol. The van der Waals surface area contributed by atoms with Gasteiger partial charge in [0.2, 0.25) is 5.91 Å². The van der Waals surface area contributed by atoms with Crippen molar-refractivity contribution in [3.63, 3.8) is 0 Å². The lowest BCUT2D eigenvalue weighted by Gasteiger charge is -2.32. The van der Waals surface area contributed by atoms with Crippen LogP contribution in [0.4, 0.5) is 16.2 Å². The fourth-order valence-corrected chi connectivity index (χ4v) is 4.43. The van der Waals surface area contributed by atoms with Gasteiger partial charge in [-0.05, 0) is 63.0 Å². The molecule has 0 aromatic heterocycles. The van der Waals surface area contributed by atoms with Crippen molar-refractivity contribution in [3.05, 3.63) is 24.3 Å². The average molecular weight is 371 g/mol. The monoisotopic (exact) mass is 371 g/mol. The minimum Gasteiger partial charge on any atom is -0.326 e. The Morgan fingerprint density at radius 1 is 1.15 bits per heavy atom. The maximum absolute atomic E-state index is 12.7. The van der Waals surface area contributed by atoms with Gasteiger partial charge in [0.15, 0.2) is 0 Å². The van der Waals surface area contributed by atoms with E-state index in [1.165, 1.54) is 12.8 Å². The summed E-state index contributed by atoms with van der Waals surface area (Å²) in [5.74, 6) is 0.102. The number of likely N-dealkylation sites (tertiary alicyclic amines) is 1. The molecule has 146 valence electrons. The van der Waals surface area contributed by atoms with Crippen molar-refractivity contribution in [2.24, 2.45) is 5.73 Å². The first-order valence-electron chi connectivity index (χ1n) is 9.97. The Labute approximate surface area is 160 Å². The topological polar surface area (TPSA) is 73.1 Å². The number of hydrogen-bond donors (Lipinski definition) is 1. The van der Waals surface area contributed by atoms with E-state index in [1.807, 2.05) is 41.1 Å². The second kappa shape index (κ2) is 7.48. The van der Waals surface area contributed by atoms with Crippen molar-refractivity contribution >= 4 is 23.3 Å². The van der Waals surface area contributed by atoms with E-state index in [9.17, 15) is 9.59 Å². The maximum Gasteiger partial charge on any atom is 0.324 e. The molecule has 2 N–H and O–H groups in total. The number of hydrogen-bond acceptors (Lipinski definition) is 4. The number of carbonyl (C=O) groups is 2. The number of nitrogens with two attached hydrogens (primary N) is 1. The first-order valence-corrected chi connectivity index (χ1v) is 9.97. The zero-order chi connectivity index (χ0) is 19.0. The number of nitrogens with zero attached hydrogens (tertiary/aromatic N) is 4. The van der Waals surface area contributed by atoms with E-state index >= 15 is 0 Å². The highest BCUT2D eigenvalue weighted by Gasteiger charge is 2.42. The molecule has 1 aromatic rings. The maximum atomic E-state index is 12.7. The molecule has 27 heavy (non-hydrogen) atoms. The molecule has 7 heteroatoms. The summed E-state index contributed by atoms with van der Waals surface area (Å²) in [4.78, 5) is 32.9. The van der Waals surface area contributed by atoms with Gasteiger partial charge in [0.1, 0.15) is 0 Å². The highest BCUT2D eigenvalue weighted by atomic mass is 16.2. The van der Waals surface area contributed by atoms with Gasteiger partial charge >= 0.3 is 6.03 Å². The van der Waals surface area contributed by atoms with Crippen molar-refractivity contribution in [3.8, 4) is 0 Å². The zero-order valence-corrected chi connectivity index (χ0v) is 16.0. The van der Waals surface area contributed by atoms with E-state index in [1.54, 1.807) is 4.90 Å². The van der Waals surface area contributed by atoms with E-state index in [0.29, 0.717) is 13.1 Å². The van der Waals surface area contributed by atoms with Gasteiger partial charge in [0, 0.05) is 37.6 Å². The molecule has 0 aliphatic carbocycles. The molecule has 3 aliphatic heterocycles. The predicted molar refractivity (Wildman–Crippen MR) is 106 cm³/mol. The summed E-state index contributed by atoms with van der Waals surface area (Å²) >= 11 is 0. The molecule has 0 saturated carbocycles. The standard InChI is InChI=1S/C20H29N5O2/c1-22(19(26)14-23-10-2-3-11-23)15-6-8-16(9-7-15)25-13-18-17(21)5-4-12-24(18)20(25)27/h6-9,17-18H,2-5,10-14,21H2,1H3/t17-,18-/m1/s1. The van der Waals surface area contributed by atoms with E-state index in [2.05, 4.69) is 4.90 Å². The quantitative estimate of drug-likeness (QED) is 0.870. The molecular formula is C20H29N5O2. The largest absolute Gasteiger partial charge is 0.326 e. The average Bonchev–Trinajstić information content (AvgIpc) is 3.30. The first kappa shape index (κ1) is 18.3. The van der Waals surface area contributed by atoms with Crippen LogP contribution in [0.25, 0.3) is 0 Å². The Kier molecular flexibility index (Phi) is 5.06. The molecule has 0 unspecified atom stereocenters. The third-order valence-electron chi connectivity index (χ3n) is 6.16. The van der Waals surface area contributed by atoms with E-state index in [0.717, 1.165) is 43.9 Å². The second-order valence-electron chi connectivity index (χ2n) is 7.91. The predicted octanol–water partition coefficient (Wildman–Crippen LogP) is 1.48. The number of fused-ring (bicyclic) bond motifs is 1. The molecule has 3 heterocycles. The summed E-state index contributed by atoms with van der Waals surface area (Å²) in [5, 5.41) is 0. The van der Waals surface area contributed by atoms with Gasteiger partial charge < -0.3 is 15.5 Å². The fraction of sp³-hybridized carbons (Fsp3) is 0.600. The molecule has 3 amide bonds. The van der Waals surface area contributed by atoms with Crippen LogP contribution in [0.2, 0.25) is 0 Å². The van der Waals surface area contributed by atoms with E-state index in [4.69, 9.17) is 5.73 Å². The molecule has 0 spiro atoms. The van der Waals surface area contributed by atoms with Gasteiger partial charge in [-0.25, -0.2) is 4.79 Å². The Morgan fingerprint density at radius 3 is 2.52 bits per heavy atom. The summed E-state index contributed by atoms with van der Waals surface area (Å²) < 4.78 is 0. The molecule has 3 aliphatic rings. The summed E-state index contributed by atoms with van der Waals surface area (Å²) in [5.41, 5.74) is 7.94. The van der Waals surface area contributed by atoms with Gasteiger partial charge in [-0.2, -0.15) is 0 Å². The third kappa shape index (κ3) is 3.53. The number of amides is 3. The number of likely N-dealkylation sites (N-methyl/N-ethyl adjacent to an activating group) is 1. The summed E-state index contributed by atoms with van der Waals surface area (Å²) in [6, 6.07) is 7.90.